The quantitative estimate of drug-likeness (QED) is 0.683. The van der Waals surface area contributed by atoms with Crippen molar-refractivity contribution in [2.45, 2.75) is 6.10 Å². The second kappa shape index (κ2) is 3.91. The maximum atomic E-state index is 10.7. The molecule has 0 saturated heterocycles. The summed E-state index contributed by atoms with van der Waals surface area (Å²) in [7, 11) is 1.35. The molecule has 3 N–H and O–H groups in total. The van der Waals surface area contributed by atoms with E-state index in [1.54, 1.807) is 24.3 Å². The van der Waals surface area contributed by atoms with Crippen molar-refractivity contribution in [2.24, 2.45) is 0 Å². The van der Waals surface area contributed by atoms with Gasteiger partial charge in [0, 0.05) is 12.8 Å². The smallest absolute Gasteiger partial charge is 0.337 e. The molecule has 70 valence electrons. The van der Waals surface area contributed by atoms with E-state index in [4.69, 9.17) is 15.6 Å². The van der Waals surface area contributed by atoms with Gasteiger partial charge in [0.25, 0.3) is 0 Å². The zero-order valence-corrected chi connectivity index (χ0v) is 7.23. The van der Waals surface area contributed by atoms with Crippen molar-refractivity contribution in [1.82, 2.24) is 0 Å². The van der Waals surface area contributed by atoms with Crippen LogP contribution in [0.15, 0.2) is 24.3 Å². The molecule has 0 bridgehead atoms. The molecular weight excluding hydrogens is 170 g/mol. The Morgan fingerprint density at radius 1 is 1.62 bits per heavy atom. The number of hydrogen-bond donors (Lipinski definition) is 2. The molecule has 0 radical (unpaired) electrons. The van der Waals surface area contributed by atoms with E-state index in [-0.39, 0.29) is 0 Å². The summed E-state index contributed by atoms with van der Waals surface area (Å²) in [6.45, 7) is 0. The number of methoxy groups -OCH3 is 1. The zero-order valence-electron chi connectivity index (χ0n) is 7.23. The number of carboxylic acids is 1. The molecule has 0 heterocycles. The van der Waals surface area contributed by atoms with Gasteiger partial charge < -0.3 is 15.6 Å². The number of rotatable bonds is 3. The number of hydrogen-bond acceptors (Lipinski definition) is 3. The van der Waals surface area contributed by atoms with Gasteiger partial charge in [-0.05, 0) is 17.7 Å². The van der Waals surface area contributed by atoms with Crippen LogP contribution in [0.2, 0.25) is 0 Å². The summed E-state index contributed by atoms with van der Waals surface area (Å²) in [5.74, 6) is -1.02. The molecule has 1 atom stereocenters. The molecule has 1 aromatic rings. The van der Waals surface area contributed by atoms with E-state index in [1.165, 1.54) is 7.11 Å². The van der Waals surface area contributed by atoms with Gasteiger partial charge in [-0.15, -0.1) is 0 Å². The van der Waals surface area contributed by atoms with E-state index in [1.807, 2.05) is 0 Å². The highest BCUT2D eigenvalue weighted by molar-refractivity contribution is 5.74. The Labute approximate surface area is 75.9 Å². The predicted molar refractivity (Wildman–Crippen MR) is 48.2 cm³/mol. The van der Waals surface area contributed by atoms with Crippen LogP contribution >= 0.6 is 0 Å². The second-order valence-electron chi connectivity index (χ2n) is 2.62. The van der Waals surface area contributed by atoms with Gasteiger partial charge in [-0.1, -0.05) is 12.1 Å². The van der Waals surface area contributed by atoms with Crippen molar-refractivity contribution in [3.8, 4) is 0 Å². The Morgan fingerprint density at radius 3 is 2.77 bits per heavy atom. The fraction of sp³-hybridized carbons (Fsp3) is 0.222. The Morgan fingerprint density at radius 2 is 2.31 bits per heavy atom. The maximum absolute atomic E-state index is 10.7. The standard InChI is InChI=1S/C9H11NO3/c1-13-8(9(11)12)6-3-2-4-7(10)5-6/h2-5,8H,10H2,1H3,(H,11,12)/t8-/m1/s1. The summed E-state index contributed by atoms with van der Waals surface area (Å²) in [6.07, 6.45) is -0.941. The third-order valence-corrected chi connectivity index (χ3v) is 1.67. The molecule has 1 aromatic carbocycles. The van der Waals surface area contributed by atoms with E-state index in [2.05, 4.69) is 0 Å². The fourth-order valence-electron chi connectivity index (χ4n) is 1.10. The Kier molecular flexibility index (Phi) is 2.87. The molecule has 0 aliphatic heterocycles. The lowest BCUT2D eigenvalue weighted by Gasteiger charge is -2.10. The van der Waals surface area contributed by atoms with Gasteiger partial charge in [0.2, 0.25) is 0 Å². The molecule has 0 aliphatic rings. The summed E-state index contributed by atoms with van der Waals surface area (Å²) in [5.41, 5.74) is 6.58. The summed E-state index contributed by atoms with van der Waals surface area (Å²) < 4.78 is 4.80. The van der Waals surface area contributed by atoms with Crippen LogP contribution in [0.3, 0.4) is 0 Å². The van der Waals surface area contributed by atoms with Gasteiger partial charge in [-0.25, -0.2) is 4.79 Å². The lowest BCUT2D eigenvalue weighted by atomic mass is 10.1. The number of anilines is 1. The summed E-state index contributed by atoms with van der Waals surface area (Å²) in [6, 6.07) is 6.64. The van der Waals surface area contributed by atoms with E-state index >= 15 is 0 Å². The lowest BCUT2D eigenvalue weighted by molar-refractivity contribution is -0.148. The van der Waals surface area contributed by atoms with Crippen LogP contribution in [-0.4, -0.2) is 18.2 Å². The average Bonchev–Trinajstić information content (AvgIpc) is 2.04. The van der Waals surface area contributed by atoms with Crippen molar-refractivity contribution in [3.63, 3.8) is 0 Å². The molecule has 4 heteroatoms. The summed E-state index contributed by atoms with van der Waals surface area (Å²) in [5, 5.41) is 8.75. The first-order chi connectivity index (χ1) is 6.15. The minimum absolute atomic E-state index is 0.529. The van der Waals surface area contributed by atoms with E-state index in [0.29, 0.717) is 11.3 Å². The molecule has 0 fully saturated rings. The highest BCUT2D eigenvalue weighted by atomic mass is 16.5. The van der Waals surface area contributed by atoms with Gasteiger partial charge in [-0.3, -0.25) is 0 Å². The van der Waals surface area contributed by atoms with Crippen molar-refractivity contribution in [1.29, 1.82) is 0 Å². The predicted octanol–water partition coefficient (Wildman–Crippen LogP) is 1.04. The average molecular weight is 181 g/mol. The van der Waals surface area contributed by atoms with E-state index in [9.17, 15) is 4.79 Å². The number of aliphatic carboxylic acids is 1. The molecule has 0 aliphatic carbocycles. The Bertz CT molecular complexity index is 311. The number of carboxylic acid groups (broad SMARTS) is 1. The third kappa shape index (κ3) is 2.19. The fourth-order valence-corrected chi connectivity index (χ4v) is 1.10. The zero-order chi connectivity index (χ0) is 9.84. The monoisotopic (exact) mass is 181 g/mol. The number of ether oxygens (including phenoxy) is 1. The van der Waals surface area contributed by atoms with Crippen LogP contribution in [0.4, 0.5) is 5.69 Å². The van der Waals surface area contributed by atoms with Crippen molar-refractivity contribution in [3.05, 3.63) is 29.8 Å². The van der Waals surface area contributed by atoms with Crippen LogP contribution in [-0.2, 0) is 9.53 Å². The van der Waals surface area contributed by atoms with Crippen LogP contribution in [0, 0.1) is 0 Å². The van der Waals surface area contributed by atoms with Crippen molar-refractivity contribution >= 4 is 11.7 Å². The van der Waals surface area contributed by atoms with Gasteiger partial charge in [0.1, 0.15) is 0 Å². The Balaban J connectivity index is 2.98. The number of nitrogen functional groups attached to an aromatic ring is 1. The normalized spacial score (nSPS) is 12.4. The summed E-state index contributed by atoms with van der Waals surface area (Å²) in [4.78, 5) is 10.7. The molecule has 0 unspecified atom stereocenters. The lowest BCUT2D eigenvalue weighted by Crippen LogP contribution is -2.13. The van der Waals surface area contributed by atoms with E-state index in [0.717, 1.165) is 0 Å². The third-order valence-electron chi connectivity index (χ3n) is 1.67. The van der Waals surface area contributed by atoms with Crippen molar-refractivity contribution < 1.29 is 14.6 Å². The van der Waals surface area contributed by atoms with Crippen LogP contribution < -0.4 is 5.73 Å². The molecule has 4 nitrogen and oxygen atoms in total. The van der Waals surface area contributed by atoms with Gasteiger partial charge in [0.05, 0.1) is 0 Å². The largest absolute Gasteiger partial charge is 0.479 e. The molecule has 0 saturated carbocycles. The molecular formula is C9H11NO3. The van der Waals surface area contributed by atoms with Crippen molar-refractivity contribution in [2.75, 3.05) is 12.8 Å². The molecule has 1 rings (SSSR count). The first kappa shape index (κ1) is 9.54. The molecule has 0 amide bonds. The summed E-state index contributed by atoms with van der Waals surface area (Å²) >= 11 is 0. The number of benzene rings is 1. The minimum atomic E-state index is -1.02. The first-order valence-electron chi connectivity index (χ1n) is 3.76. The topological polar surface area (TPSA) is 72.5 Å². The maximum Gasteiger partial charge on any atom is 0.337 e. The molecule has 0 aromatic heterocycles. The SMILES string of the molecule is CO[C@@H](C(=O)O)c1cccc(N)c1. The highest BCUT2D eigenvalue weighted by Crippen LogP contribution is 2.18. The first-order valence-corrected chi connectivity index (χ1v) is 3.76. The molecule has 0 spiro atoms. The van der Waals surface area contributed by atoms with Crippen LogP contribution in [0.25, 0.3) is 0 Å². The number of carbonyl (C=O) groups is 1. The van der Waals surface area contributed by atoms with Crippen LogP contribution in [0.5, 0.6) is 0 Å². The number of nitrogens with two attached hydrogens (primary N) is 1. The van der Waals surface area contributed by atoms with Gasteiger partial charge >= 0.3 is 5.97 Å². The minimum Gasteiger partial charge on any atom is -0.479 e. The highest BCUT2D eigenvalue weighted by Gasteiger charge is 2.18. The second-order valence-corrected chi connectivity index (χ2v) is 2.62. The van der Waals surface area contributed by atoms with Crippen LogP contribution in [0.1, 0.15) is 11.7 Å². The Hall–Kier alpha value is -1.55. The van der Waals surface area contributed by atoms with Gasteiger partial charge in [0.15, 0.2) is 6.10 Å². The van der Waals surface area contributed by atoms with Gasteiger partial charge in [-0.2, -0.15) is 0 Å². The molecule has 13 heavy (non-hydrogen) atoms. The van der Waals surface area contributed by atoms with E-state index < -0.39 is 12.1 Å².